The Morgan fingerprint density at radius 1 is 0.884 bits per heavy atom. The van der Waals surface area contributed by atoms with Crippen molar-refractivity contribution in [1.82, 2.24) is 5.32 Å². The molecule has 1 N–H and O–H groups in total. The van der Waals surface area contributed by atoms with E-state index in [2.05, 4.69) is 45.3 Å². The first kappa shape index (κ1) is 36.2. The molecule has 0 aliphatic carbocycles. The van der Waals surface area contributed by atoms with Crippen LogP contribution in [0.3, 0.4) is 0 Å². The molecule has 236 valence electrons. The number of nitriles is 1. The van der Waals surface area contributed by atoms with E-state index in [0.717, 1.165) is 11.1 Å². The second-order valence-electron chi connectivity index (χ2n) is 14.6. The fourth-order valence-corrected chi connectivity index (χ4v) is 6.14. The minimum atomic E-state index is -2.35. The number of carbonyl (C=O) groups excluding carboxylic acids is 2. The highest BCUT2D eigenvalue weighted by Crippen LogP contribution is 2.39. The minimum Gasteiger partial charge on any atom is -0.444 e. The molecule has 0 fully saturated rings. The van der Waals surface area contributed by atoms with Crippen LogP contribution in [0, 0.1) is 29.1 Å². The van der Waals surface area contributed by atoms with Crippen molar-refractivity contribution < 1.29 is 18.8 Å². The van der Waals surface area contributed by atoms with Gasteiger partial charge < -0.3 is 14.5 Å². The molecule has 0 aliphatic heterocycles. The van der Waals surface area contributed by atoms with Crippen LogP contribution >= 0.6 is 0 Å². The molecule has 2 aromatic carbocycles. The van der Waals surface area contributed by atoms with E-state index in [-0.39, 0.29) is 35.0 Å². The Morgan fingerprint density at radius 3 is 1.84 bits per heavy atom. The number of benzene rings is 2. The van der Waals surface area contributed by atoms with Crippen LogP contribution in [0.25, 0.3) is 0 Å². The van der Waals surface area contributed by atoms with Gasteiger partial charge in [-0.3, -0.25) is 4.79 Å². The van der Waals surface area contributed by atoms with Crippen molar-refractivity contribution in [2.75, 3.05) is 0 Å². The monoisotopic (exact) mass is 606 g/mol. The summed E-state index contributed by atoms with van der Waals surface area (Å²) in [5.74, 6) is -0.607. The van der Waals surface area contributed by atoms with E-state index < -0.39 is 32.2 Å². The van der Waals surface area contributed by atoms with Gasteiger partial charge in [-0.1, -0.05) is 95.3 Å². The first-order valence-corrected chi connectivity index (χ1v) is 18.5. The van der Waals surface area contributed by atoms with E-state index in [1.807, 2.05) is 95.3 Å². The second kappa shape index (κ2) is 15.7. The fraction of sp³-hybridized carbons (Fsp3) is 0.583. The molecular weight excluding hydrogens is 552 g/mol. The largest absolute Gasteiger partial charge is 0.444 e. The van der Waals surface area contributed by atoms with E-state index in [0.29, 0.717) is 19.3 Å². The molecule has 0 aliphatic rings. The summed E-state index contributed by atoms with van der Waals surface area (Å²) in [5, 5.41) is 12.9. The van der Waals surface area contributed by atoms with Crippen LogP contribution in [0.15, 0.2) is 60.7 Å². The van der Waals surface area contributed by atoms with E-state index in [1.165, 1.54) is 0 Å². The number of alkyl carbamates (subject to hydrolysis) is 1. The molecule has 43 heavy (non-hydrogen) atoms. The smallest absolute Gasteiger partial charge is 0.407 e. The van der Waals surface area contributed by atoms with E-state index >= 15 is 0 Å². The summed E-state index contributed by atoms with van der Waals surface area (Å²) >= 11 is 0. The number of carbonyl (C=O) groups is 2. The molecular formula is C36H54N2O4Si. The number of ketones is 1. The van der Waals surface area contributed by atoms with Crippen molar-refractivity contribution in [2.24, 2.45) is 17.8 Å². The molecule has 2 aromatic rings. The highest BCUT2D eigenvalue weighted by Gasteiger charge is 2.42. The average molecular weight is 607 g/mol. The van der Waals surface area contributed by atoms with Gasteiger partial charge in [0.05, 0.1) is 24.1 Å². The maximum atomic E-state index is 14.0. The third-order valence-corrected chi connectivity index (χ3v) is 12.9. The molecule has 0 saturated carbocycles. The van der Waals surface area contributed by atoms with Crippen molar-refractivity contribution in [3.05, 3.63) is 71.8 Å². The van der Waals surface area contributed by atoms with Gasteiger partial charge in [0.15, 0.2) is 8.32 Å². The summed E-state index contributed by atoms with van der Waals surface area (Å²) in [7, 11) is -2.35. The van der Waals surface area contributed by atoms with Crippen LogP contribution in [-0.2, 0) is 26.8 Å². The zero-order chi connectivity index (χ0) is 32.4. The van der Waals surface area contributed by atoms with E-state index in [9.17, 15) is 14.9 Å². The van der Waals surface area contributed by atoms with Gasteiger partial charge in [0, 0.05) is 12.3 Å². The molecule has 0 bridgehead atoms. The quantitative estimate of drug-likeness (QED) is 0.218. The van der Waals surface area contributed by atoms with Gasteiger partial charge in [-0.2, -0.15) is 5.26 Å². The molecule has 0 heterocycles. The standard InChI is InChI=1S/C36H54N2O4Si/c1-26(2)30(25-37)23-32(39)29(21-27-17-13-11-14-18-27)24-33(42-43(9,10)36(6,7)8)31(22-28-19-15-12-16-20-28)38-34(40)41-35(3,4)5/h11-20,26,29-31,33H,21-24H2,1-10H3,(H,38,40)/t29-,30+,31-,33-/m0/s1. The summed E-state index contributed by atoms with van der Waals surface area (Å²) in [4.78, 5) is 27.2. The topological polar surface area (TPSA) is 88.4 Å². The molecule has 0 aromatic heterocycles. The van der Waals surface area contributed by atoms with Gasteiger partial charge in [-0.05, 0) is 75.2 Å². The van der Waals surface area contributed by atoms with Gasteiger partial charge in [0.2, 0.25) is 0 Å². The van der Waals surface area contributed by atoms with Crippen LogP contribution in [0.2, 0.25) is 18.1 Å². The summed E-state index contributed by atoms with van der Waals surface area (Å²) in [5.41, 5.74) is 1.46. The average Bonchev–Trinajstić information content (AvgIpc) is 2.89. The van der Waals surface area contributed by atoms with Crippen molar-refractivity contribution in [3.8, 4) is 6.07 Å². The van der Waals surface area contributed by atoms with Crippen LogP contribution in [0.5, 0.6) is 0 Å². The highest BCUT2D eigenvalue weighted by molar-refractivity contribution is 6.74. The molecule has 1 amide bonds. The summed E-state index contributed by atoms with van der Waals surface area (Å²) in [6.45, 7) is 20.5. The normalized spacial score (nSPS) is 15.2. The fourth-order valence-electron chi connectivity index (χ4n) is 4.77. The second-order valence-corrected chi connectivity index (χ2v) is 19.4. The number of hydrogen-bond donors (Lipinski definition) is 1. The van der Waals surface area contributed by atoms with Gasteiger partial charge in [0.25, 0.3) is 0 Å². The number of ether oxygens (including phenoxy) is 1. The number of nitrogens with one attached hydrogen (secondary N) is 1. The Hall–Kier alpha value is -2.95. The Morgan fingerprint density at radius 2 is 1.40 bits per heavy atom. The molecule has 2 rings (SSSR count). The molecule has 0 radical (unpaired) electrons. The molecule has 0 saturated heterocycles. The number of Topliss-reactive ketones (excluding diaryl/α,β-unsaturated/α-hetero) is 1. The molecule has 6 nitrogen and oxygen atoms in total. The van der Waals surface area contributed by atoms with Crippen LogP contribution in [-0.4, -0.2) is 37.9 Å². The van der Waals surface area contributed by atoms with E-state index in [1.54, 1.807) is 0 Å². The van der Waals surface area contributed by atoms with Crippen molar-refractivity contribution >= 4 is 20.2 Å². The van der Waals surface area contributed by atoms with Crippen LogP contribution in [0.1, 0.15) is 79.4 Å². The van der Waals surface area contributed by atoms with Crippen molar-refractivity contribution in [2.45, 2.75) is 117 Å². The Labute approximate surface area is 261 Å². The van der Waals surface area contributed by atoms with Gasteiger partial charge in [0.1, 0.15) is 11.4 Å². The summed E-state index contributed by atoms with van der Waals surface area (Å²) in [6, 6.07) is 21.9. The Kier molecular flexibility index (Phi) is 13.2. The predicted molar refractivity (Wildman–Crippen MR) is 177 cm³/mol. The lowest BCUT2D eigenvalue weighted by molar-refractivity contribution is -0.124. The Bertz CT molecular complexity index is 1190. The number of rotatable bonds is 14. The lowest BCUT2D eigenvalue weighted by atomic mass is 9.82. The number of amides is 1. The highest BCUT2D eigenvalue weighted by atomic mass is 28.4. The number of nitrogens with zero attached hydrogens (tertiary/aromatic N) is 1. The van der Waals surface area contributed by atoms with Crippen molar-refractivity contribution in [3.63, 3.8) is 0 Å². The lowest BCUT2D eigenvalue weighted by Gasteiger charge is -2.42. The van der Waals surface area contributed by atoms with Gasteiger partial charge >= 0.3 is 6.09 Å². The van der Waals surface area contributed by atoms with Crippen LogP contribution < -0.4 is 5.32 Å². The first-order chi connectivity index (χ1) is 19.9. The minimum absolute atomic E-state index is 0.0589. The Balaban J connectivity index is 2.59. The lowest BCUT2D eigenvalue weighted by Crippen LogP contribution is -2.54. The van der Waals surface area contributed by atoms with Crippen molar-refractivity contribution in [1.29, 1.82) is 5.26 Å². The van der Waals surface area contributed by atoms with E-state index in [4.69, 9.17) is 9.16 Å². The first-order valence-electron chi connectivity index (χ1n) is 15.6. The van der Waals surface area contributed by atoms with Crippen LogP contribution in [0.4, 0.5) is 4.79 Å². The summed E-state index contributed by atoms with van der Waals surface area (Å²) < 4.78 is 12.8. The molecule has 7 heteroatoms. The molecule has 4 atom stereocenters. The summed E-state index contributed by atoms with van der Waals surface area (Å²) in [6.07, 6.45) is 0.722. The molecule has 0 unspecified atom stereocenters. The molecule has 0 spiro atoms. The van der Waals surface area contributed by atoms with Gasteiger partial charge in [-0.25, -0.2) is 4.79 Å². The maximum Gasteiger partial charge on any atom is 0.407 e. The zero-order valence-electron chi connectivity index (χ0n) is 28.1. The third-order valence-electron chi connectivity index (χ3n) is 8.39. The number of hydrogen-bond acceptors (Lipinski definition) is 5. The SMILES string of the molecule is CC(C)[C@@H](C#N)CC(=O)[C@@H](Cc1ccccc1)C[C@H](O[Si](C)(C)C(C)(C)C)[C@H](Cc1ccccc1)NC(=O)OC(C)(C)C. The van der Waals surface area contributed by atoms with Gasteiger partial charge in [-0.15, -0.1) is 0 Å². The zero-order valence-corrected chi connectivity index (χ0v) is 29.1. The third kappa shape index (κ3) is 12.3. The maximum absolute atomic E-state index is 14.0. The predicted octanol–water partition coefficient (Wildman–Crippen LogP) is 8.52.